The predicted molar refractivity (Wildman–Crippen MR) is 157 cm³/mol. The lowest BCUT2D eigenvalue weighted by Gasteiger charge is -2.25. The molecule has 1 aliphatic carbocycles. The van der Waals surface area contributed by atoms with Crippen molar-refractivity contribution < 1.29 is 24.5 Å². The van der Waals surface area contributed by atoms with Crippen molar-refractivity contribution in [1.82, 2.24) is 14.9 Å². The number of benzene rings is 3. The summed E-state index contributed by atoms with van der Waals surface area (Å²) < 4.78 is 8.73. The van der Waals surface area contributed by atoms with Crippen LogP contribution in [0, 0.1) is 0 Å². The summed E-state index contributed by atoms with van der Waals surface area (Å²) in [7, 11) is 0. The van der Waals surface area contributed by atoms with Crippen LogP contribution in [0.2, 0.25) is 0 Å². The number of aliphatic hydroxyl groups excluding tert-OH is 2. The second-order valence-corrected chi connectivity index (χ2v) is 11.0. The number of amides is 1. The number of aliphatic hydroxyl groups is 2. The van der Waals surface area contributed by atoms with Gasteiger partial charge in [-0.25, -0.2) is 4.98 Å². The first-order valence-corrected chi connectivity index (χ1v) is 14.6. The number of imidazole rings is 1. The molecule has 0 saturated carbocycles. The van der Waals surface area contributed by atoms with E-state index < -0.39 is 6.04 Å². The Balaban J connectivity index is 1.43. The van der Waals surface area contributed by atoms with E-state index >= 15 is 0 Å². The first-order valence-electron chi connectivity index (χ1n) is 13.7. The highest BCUT2D eigenvalue weighted by Gasteiger charge is 2.25. The van der Waals surface area contributed by atoms with Gasteiger partial charge in [0.05, 0.1) is 32.1 Å². The van der Waals surface area contributed by atoms with Crippen LogP contribution >= 0.6 is 11.8 Å². The van der Waals surface area contributed by atoms with Crippen LogP contribution in [0.25, 0.3) is 0 Å². The van der Waals surface area contributed by atoms with Crippen LogP contribution in [-0.4, -0.2) is 50.7 Å². The van der Waals surface area contributed by atoms with Crippen LogP contribution in [-0.2, 0) is 18.7 Å². The Morgan fingerprint density at radius 2 is 1.88 bits per heavy atom. The van der Waals surface area contributed by atoms with E-state index in [1.165, 1.54) is 0 Å². The number of nitrogens with one attached hydrogen (secondary N) is 1. The average Bonchev–Trinajstić information content (AvgIpc) is 3.52. The summed E-state index contributed by atoms with van der Waals surface area (Å²) in [6.07, 6.45) is 7.31. The molecule has 3 aromatic carbocycles. The third-order valence-electron chi connectivity index (χ3n) is 7.15. The maximum absolute atomic E-state index is 12.8. The van der Waals surface area contributed by atoms with Gasteiger partial charge in [-0.1, -0.05) is 36.4 Å². The van der Waals surface area contributed by atoms with Gasteiger partial charge in [-0.2, -0.15) is 0 Å². The van der Waals surface area contributed by atoms with Crippen molar-refractivity contribution in [3.8, 4) is 5.75 Å². The molecule has 0 saturated heterocycles. The van der Waals surface area contributed by atoms with Crippen LogP contribution in [0.5, 0.6) is 5.75 Å². The molecular formula is C32H33N3O5S. The van der Waals surface area contributed by atoms with Crippen molar-refractivity contribution in [2.45, 2.75) is 48.6 Å². The number of hydrogen-bond donors (Lipinski definition) is 3. The maximum atomic E-state index is 12.8. The Kier molecular flexibility index (Phi) is 9.51. The first kappa shape index (κ1) is 28.6. The molecule has 3 N–H and O–H groups in total. The molecule has 1 aliphatic rings. The molecule has 8 nitrogen and oxygen atoms in total. The Labute approximate surface area is 243 Å². The van der Waals surface area contributed by atoms with E-state index in [0.717, 1.165) is 45.7 Å². The smallest absolute Gasteiger partial charge is 0.251 e. The molecule has 1 atom stereocenters. The number of ether oxygens (including phenoxy) is 1. The zero-order valence-corrected chi connectivity index (χ0v) is 23.4. The van der Waals surface area contributed by atoms with Gasteiger partial charge in [-0.3, -0.25) is 9.59 Å². The van der Waals surface area contributed by atoms with E-state index in [2.05, 4.69) is 10.3 Å². The van der Waals surface area contributed by atoms with Crippen LogP contribution in [0.15, 0.2) is 90.3 Å². The summed E-state index contributed by atoms with van der Waals surface area (Å²) in [6.45, 7) is -0.114. The molecule has 0 fully saturated rings. The average molecular weight is 572 g/mol. The van der Waals surface area contributed by atoms with E-state index in [0.29, 0.717) is 24.3 Å². The molecule has 0 aliphatic heterocycles. The molecule has 0 bridgehead atoms. The number of carbonyl (C=O) groups excluding carboxylic acids is 2. The van der Waals surface area contributed by atoms with Gasteiger partial charge in [0, 0.05) is 46.2 Å². The summed E-state index contributed by atoms with van der Waals surface area (Å²) in [5.41, 5.74) is 4.26. The van der Waals surface area contributed by atoms with E-state index in [-0.39, 0.29) is 31.0 Å². The molecule has 0 spiro atoms. The van der Waals surface area contributed by atoms with E-state index in [1.54, 1.807) is 36.4 Å². The van der Waals surface area contributed by atoms with Crippen molar-refractivity contribution in [2.75, 3.05) is 13.2 Å². The summed E-state index contributed by atoms with van der Waals surface area (Å²) in [4.78, 5) is 30.5. The van der Waals surface area contributed by atoms with E-state index in [9.17, 15) is 19.8 Å². The van der Waals surface area contributed by atoms with Crippen molar-refractivity contribution in [1.29, 1.82) is 0 Å². The molecule has 1 amide bonds. The zero-order chi connectivity index (χ0) is 28.6. The molecule has 0 radical (unpaired) electrons. The number of ketones is 1. The Hall–Kier alpha value is -3.92. The molecule has 0 unspecified atom stereocenters. The predicted octanol–water partition coefficient (Wildman–Crippen LogP) is 4.60. The standard InChI is InChI=1S/C32H33N3O5S/c36-18-24(19-37)34-32(39)23-8-4-9-25(16-23)41-20-28-26-10-5-11-29(38)27(26)12-13-30(28)40-31(17-35-15-14-33-21-35)22-6-2-1-3-7-22/h1-4,6-9,12-16,21,24,31,36-37H,5,10-11,17-20H2,(H,34,39)/t31-/m1/s1. The first-order chi connectivity index (χ1) is 20.1. The highest BCUT2D eigenvalue weighted by molar-refractivity contribution is 7.98. The van der Waals surface area contributed by atoms with Gasteiger partial charge < -0.3 is 24.8 Å². The lowest BCUT2D eigenvalue weighted by atomic mass is 9.87. The van der Waals surface area contributed by atoms with Gasteiger partial charge in [-0.05, 0) is 54.3 Å². The van der Waals surface area contributed by atoms with Gasteiger partial charge >= 0.3 is 0 Å². The third kappa shape index (κ3) is 7.05. The summed E-state index contributed by atoms with van der Waals surface area (Å²) in [5.74, 6) is 1.09. The Morgan fingerprint density at radius 3 is 2.63 bits per heavy atom. The fourth-order valence-electron chi connectivity index (χ4n) is 4.97. The number of Topliss-reactive ketones (excluding diaryl/α,β-unsaturated/α-hetero) is 1. The molecule has 5 rings (SSSR count). The van der Waals surface area contributed by atoms with Gasteiger partial charge in [-0.15, -0.1) is 11.8 Å². The van der Waals surface area contributed by atoms with Crippen LogP contribution in [0.4, 0.5) is 0 Å². The number of rotatable bonds is 12. The largest absolute Gasteiger partial charge is 0.484 e. The van der Waals surface area contributed by atoms with E-state index in [1.807, 2.05) is 65.4 Å². The monoisotopic (exact) mass is 571 g/mol. The second kappa shape index (κ2) is 13.6. The summed E-state index contributed by atoms with van der Waals surface area (Å²) in [5, 5.41) is 21.3. The maximum Gasteiger partial charge on any atom is 0.251 e. The highest BCUT2D eigenvalue weighted by atomic mass is 32.2. The summed E-state index contributed by atoms with van der Waals surface area (Å²) >= 11 is 1.57. The van der Waals surface area contributed by atoms with E-state index in [4.69, 9.17) is 4.74 Å². The molecule has 212 valence electrons. The van der Waals surface area contributed by atoms with Crippen molar-refractivity contribution in [3.63, 3.8) is 0 Å². The zero-order valence-electron chi connectivity index (χ0n) is 22.6. The van der Waals surface area contributed by atoms with Gasteiger partial charge in [0.1, 0.15) is 11.9 Å². The number of fused-ring (bicyclic) bond motifs is 1. The van der Waals surface area contributed by atoms with Crippen LogP contribution in [0.3, 0.4) is 0 Å². The van der Waals surface area contributed by atoms with Gasteiger partial charge in [0.25, 0.3) is 5.91 Å². The lowest BCUT2D eigenvalue weighted by Crippen LogP contribution is -2.40. The minimum absolute atomic E-state index is 0.156. The van der Waals surface area contributed by atoms with Crippen molar-refractivity contribution in [3.05, 3.63) is 113 Å². The normalized spacial score (nSPS) is 13.6. The lowest BCUT2D eigenvalue weighted by molar-refractivity contribution is 0.0878. The van der Waals surface area contributed by atoms with Crippen LogP contribution in [0.1, 0.15) is 56.4 Å². The number of aromatic nitrogens is 2. The Bertz CT molecular complexity index is 1470. The molecule has 4 aromatic rings. The second-order valence-electron chi connectivity index (χ2n) is 9.97. The highest BCUT2D eigenvalue weighted by Crippen LogP contribution is 2.38. The topological polar surface area (TPSA) is 114 Å². The molecular weight excluding hydrogens is 538 g/mol. The number of carbonyl (C=O) groups is 2. The minimum Gasteiger partial charge on any atom is -0.484 e. The van der Waals surface area contributed by atoms with Crippen molar-refractivity contribution >= 4 is 23.5 Å². The molecule has 1 aromatic heterocycles. The quantitative estimate of drug-likeness (QED) is 0.213. The summed E-state index contributed by atoms with van der Waals surface area (Å²) in [6, 6.07) is 20.4. The number of thioether (sulfide) groups is 1. The molecule has 1 heterocycles. The fraction of sp³-hybridized carbons (Fsp3) is 0.281. The molecule has 41 heavy (non-hydrogen) atoms. The van der Waals surface area contributed by atoms with Crippen LogP contribution < -0.4 is 10.1 Å². The third-order valence-corrected chi connectivity index (χ3v) is 8.17. The van der Waals surface area contributed by atoms with Gasteiger partial charge in [0.15, 0.2) is 5.78 Å². The molecule has 9 heteroatoms. The number of hydrogen-bond acceptors (Lipinski definition) is 7. The SMILES string of the molecule is O=C(NC(CO)CO)c1cccc(SCc2c(O[C@H](Cn3ccnc3)c3ccccc3)ccc3c2CCCC3=O)c1. The fourth-order valence-corrected chi connectivity index (χ4v) is 5.98. The van der Waals surface area contributed by atoms with Crippen molar-refractivity contribution in [2.24, 2.45) is 0 Å². The Morgan fingerprint density at radius 1 is 1.05 bits per heavy atom. The number of nitrogens with zero attached hydrogens (tertiary/aromatic N) is 2. The van der Waals surface area contributed by atoms with Gasteiger partial charge in [0.2, 0.25) is 0 Å². The minimum atomic E-state index is -0.716.